The van der Waals surface area contributed by atoms with Gasteiger partial charge in [0.2, 0.25) is 11.8 Å². The molecule has 0 aliphatic rings. The minimum Gasteiger partial charge on any atom is -0.411 e. The molecule has 2 aromatic carbocycles. The fraction of sp³-hybridized carbons (Fsp3) is 0.167. The number of nitro groups is 1. The molecule has 0 fully saturated rings. The highest BCUT2D eigenvalue weighted by Gasteiger charge is 2.15. The third kappa shape index (κ3) is 4.92. The van der Waals surface area contributed by atoms with Crippen LogP contribution in [-0.4, -0.2) is 38.7 Å². The Hall–Kier alpha value is -3.27. The van der Waals surface area contributed by atoms with Crippen molar-refractivity contribution in [1.82, 2.24) is 15.1 Å². The average Bonchev–Trinajstić information content (AvgIpc) is 3.17. The summed E-state index contributed by atoms with van der Waals surface area (Å²) in [5.74, 6) is -0.277. The van der Waals surface area contributed by atoms with E-state index in [-0.39, 0.29) is 34.3 Å². The number of nitrogens with zero attached hydrogens (tertiary/aromatic N) is 4. The zero-order valence-corrected chi connectivity index (χ0v) is 15.6. The molecule has 1 amide bonds. The van der Waals surface area contributed by atoms with Gasteiger partial charge in [0.05, 0.1) is 10.7 Å². The second kappa shape index (κ2) is 8.61. The average molecular weight is 402 g/mol. The van der Waals surface area contributed by atoms with Crippen molar-refractivity contribution in [2.45, 2.75) is 11.8 Å². The molecule has 0 aliphatic heterocycles. The lowest BCUT2D eigenvalue weighted by Crippen LogP contribution is -2.27. The number of halogens is 1. The normalized spacial score (nSPS) is 10.6. The van der Waals surface area contributed by atoms with Crippen LogP contribution in [0.5, 0.6) is 0 Å². The van der Waals surface area contributed by atoms with E-state index >= 15 is 0 Å². The number of rotatable bonds is 7. The summed E-state index contributed by atoms with van der Waals surface area (Å²) in [7, 11) is 1.65. The standard InChI is InChI=1S/C18H15FN4O4S/c1-22(10-12-5-7-14(19)8-6-12)16(24)11-28-18-21-20-17(27-18)13-3-2-4-15(9-13)23(25)26/h2-9H,10-11H2,1H3. The largest absolute Gasteiger partial charge is 0.411 e. The molecular weight excluding hydrogens is 387 g/mol. The number of benzene rings is 2. The van der Waals surface area contributed by atoms with E-state index in [1.54, 1.807) is 25.2 Å². The Morgan fingerprint density at radius 1 is 1.25 bits per heavy atom. The van der Waals surface area contributed by atoms with Crippen LogP contribution in [0.3, 0.4) is 0 Å². The number of hydrogen-bond donors (Lipinski definition) is 0. The van der Waals surface area contributed by atoms with Gasteiger partial charge >= 0.3 is 0 Å². The van der Waals surface area contributed by atoms with Crippen molar-refractivity contribution in [2.24, 2.45) is 0 Å². The van der Waals surface area contributed by atoms with Gasteiger partial charge in [-0.15, -0.1) is 10.2 Å². The predicted molar refractivity (Wildman–Crippen MR) is 100.0 cm³/mol. The maximum atomic E-state index is 12.9. The maximum absolute atomic E-state index is 12.9. The lowest BCUT2D eigenvalue weighted by atomic mass is 10.2. The molecule has 1 aromatic heterocycles. The number of thioether (sulfide) groups is 1. The number of aromatic nitrogens is 2. The molecule has 3 rings (SSSR count). The van der Waals surface area contributed by atoms with Crippen LogP contribution in [0.15, 0.2) is 58.2 Å². The van der Waals surface area contributed by atoms with Crippen molar-refractivity contribution in [3.05, 3.63) is 70.0 Å². The van der Waals surface area contributed by atoms with Gasteiger partial charge in [0.25, 0.3) is 10.9 Å². The van der Waals surface area contributed by atoms with Crippen molar-refractivity contribution in [2.75, 3.05) is 12.8 Å². The number of carbonyl (C=O) groups is 1. The van der Waals surface area contributed by atoms with Gasteiger partial charge in [0.1, 0.15) is 5.82 Å². The molecule has 10 heteroatoms. The van der Waals surface area contributed by atoms with E-state index in [2.05, 4.69) is 10.2 Å². The Morgan fingerprint density at radius 3 is 2.71 bits per heavy atom. The third-order valence-electron chi connectivity index (χ3n) is 3.79. The Bertz CT molecular complexity index is 993. The maximum Gasteiger partial charge on any atom is 0.277 e. The molecular formula is C18H15FN4O4S. The first-order valence-electron chi connectivity index (χ1n) is 8.12. The monoisotopic (exact) mass is 402 g/mol. The molecule has 0 N–H and O–H groups in total. The van der Waals surface area contributed by atoms with E-state index in [4.69, 9.17) is 4.42 Å². The molecule has 0 saturated carbocycles. The van der Waals surface area contributed by atoms with Crippen LogP contribution in [-0.2, 0) is 11.3 Å². The quantitative estimate of drug-likeness (QED) is 0.338. The van der Waals surface area contributed by atoms with E-state index in [1.165, 1.54) is 35.2 Å². The molecule has 0 unspecified atom stereocenters. The minimum atomic E-state index is -0.509. The highest BCUT2D eigenvalue weighted by atomic mass is 32.2. The Morgan fingerprint density at radius 2 is 2.00 bits per heavy atom. The first-order chi connectivity index (χ1) is 13.4. The first-order valence-corrected chi connectivity index (χ1v) is 9.10. The molecule has 0 bridgehead atoms. The van der Waals surface area contributed by atoms with Gasteiger partial charge in [-0.2, -0.15) is 0 Å². The van der Waals surface area contributed by atoms with E-state index in [1.807, 2.05) is 0 Å². The molecule has 1 heterocycles. The van der Waals surface area contributed by atoms with Crippen LogP contribution in [0.4, 0.5) is 10.1 Å². The topological polar surface area (TPSA) is 102 Å². The summed E-state index contributed by atoms with van der Waals surface area (Å²) in [6.07, 6.45) is 0. The van der Waals surface area contributed by atoms with Gasteiger partial charge in [0, 0.05) is 31.3 Å². The molecule has 28 heavy (non-hydrogen) atoms. The third-order valence-corrected chi connectivity index (χ3v) is 4.59. The van der Waals surface area contributed by atoms with E-state index in [0.29, 0.717) is 12.1 Å². The number of amides is 1. The highest BCUT2D eigenvalue weighted by Crippen LogP contribution is 2.26. The molecule has 3 aromatic rings. The molecule has 0 radical (unpaired) electrons. The van der Waals surface area contributed by atoms with Crippen LogP contribution >= 0.6 is 11.8 Å². The molecule has 0 aliphatic carbocycles. The van der Waals surface area contributed by atoms with Crippen LogP contribution in [0.2, 0.25) is 0 Å². The van der Waals surface area contributed by atoms with E-state index in [9.17, 15) is 19.3 Å². The highest BCUT2D eigenvalue weighted by molar-refractivity contribution is 7.99. The van der Waals surface area contributed by atoms with Gasteiger partial charge in [-0.05, 0) is 23.8 Å². The van der Waals surface area contributed by atoms with Gasteiger partial charge in [-0.1, -0.05) is 30.0 Å². The lowest BCUT2D eigenvalue weighted by molar-refractivity contribution is -0.384. The summed E-state index contributed by atoms with van der Waals surface area (Å²) in [6, 6.07) is 11.8. The summed E-state index contributed by atoms with van der Waals surface area (Å²) in [6.45, 7) is 0.350. The number of non-ortho nitro benzene ring substituents is 1. The summed E-state index contributed by atoms with van der Waals surface area (Å²) in [4.78, 5) is 24.1. The van der Waals surface area contributed by atoms with Gasteiger partial charge in [0.15, 0.2) is 0 Å². The minimum absolute atomic E-state index is 0.0776. The molecule has 8 nitrogen and oxygen atoms in total. The van der Waals surface area contributed by atoms with Crippen molar-refractivity contribution in [1.29, 1.82) is 0 Å². The molecule has 0 saturated heterocycles. The van der Waals surface area contributed by atoms with Gasteiger partial charge in [-0.3, -0.25) is 14.9 Å². The number of hydrogen-bond acceptors (Lipinski definition) is 7. The van der Waals surface area contributed by atoms with E-state index < -0.39 is 4.92 Å². The fourth-order valence-electron chi connectivity index (χ4n) is 2.32. The smallest absolute Gasteiger partial charge is 0.277 e. The summed E-state index contributed by atoms with van der Waals surface area (Å²) >= 11 is 1.07. The predicted octanol–water partition coefficient (Wildman–Crippen LogP) is 3.53. The molecule has 0 atom stereocenters. The van der Waals surface area contributed by atoms with Crippen LogP contribution in [0.1, 0.15) is 5.56 Å². The van der Waals surface area contributed by atoms with Gasteiger partial charge in [-0.25, -0.2) is 4.39 Å². The second-order valence-electron chi connectivity index (χ2n) is 5.85. The van der Waals surface area contributed by atoms with Crippen molar-refractivity contribution < 1.29 is 18.5 Å². The molecule has 0 spiro atoms. The Balaban J connectivity index is 1.57. The molecule has 144 valence electrons. The van der Waals surface area contributed by atoms with Gasteiger partial charge < -0.3 is 9.32 Å². The van der Waals surface area contributed by atoms with Crippen LogP contribution in [0.25, 0.3) is 11.5 Å². The lowest BCUT2D eigenvalue weighted by Gasteiger charge is -2.16. The summed E-state index contributed by atoms with van der Waals surface area (Å²) in [5.41, 5.74) is 1.16. The Kier molecular flexibility index (Phi) is 5.99. The number of nitro benzene ring substituents is 1. The zero-order valence-electron chi connectivity index (χ0n) is 14.7. The zero-order chi connectivity index (χ0) is 20.1. The number of carbonyl (C=O) groups excluding carboxylic acids is 1. The van der Waals surface area contributed by atoms with Crippen molar-refractivity contribution >= 4 is 23.4 Å². The summed E-state index contributed by atoms with van der Waals surface area (Å²) in [5, 5.41) is 18.8. The fourth-order valence-corrected chi connectivity index (χ4v) is 3.03. The first kappa shape index (κ1) is 19.5. The van der Waals surface area contributed by atoms with Crippen molar-refractivity contribution in [3.8, 4) is 11.5 Å². The van der Waals surface area contributed by atoms with Crippen molar-refractivity contribution in [3.63, 3.8) is 0 Å². The Labute approximate surface area is 163 Å². The SMILES string of the molecule is CN(Cc1ccc(F)cc1)C(=O)CSc1nnc(-c2cccc([N+](=O)[O-])c2)o1. The second-order valence-corrected chi connectivity index (χ2v) is 6.77. The summed E-state index contributed by atoms with van der Waals surface area (Å²) < 4.78 is 18.4. The van der Waals surface area contributed by atoms with Crippen LogP contribution < -0.4 is 0 Å². The van der Waals surface area contributed by atoms with Crippen LogP contribution in [0, 0.1) is 15.9 Å². The van der Waals surface area contributed by atoms with E-state index in [0.717, 1.165) is 17.3 Å².